The van der Waals surface area contributed by atoms with E-state index in [9.17, 15) is 14.0 Å². The molecular formula is C25H19FN4O2S2. The summed E-state index contributed by atoms with van der Waals surface area (Å²) in [6.07, 6.45) is 0. The fourth-order valence-electron chi connectivity index (χ4n) is 3.28. The van der Waals surface area contributed by atoms with Gasteiger partial charge in [-0.25, -0.2) is 9.37 Å². The lowest BCUT2D eigenvalue weighted by molar-refractivity contribution is -0.113. The Labute approximate surface area is 203 Å². The second-order valence-electron chi connectivity index (χ2n) is 7.27. The Bertz CT molecular complexity index is 1480. The van der Waals surface area contributed by atoms with Gasteiger partial charge in [-0.2, -0.15) is 5.26 Å². The van der Waals surface area contributed by atoms with Gasteiger partial charge in [-0.3, -0.25) is 14.2 Å². The SMILES string of the molecule is Cc1ccc(-n2c(SCC(=O)Nc3ccccc3SCC#N)nc3ccccc3c2=O)cc1F. The van der Waals surface area contributed by atoms with Crippen LogP contribution < -0.4 is 10.9 Å². The average Bonchev–Trinajstić information content (AvgIpc) is 2.84. The number of hydrogen-bond acceptors (Lipinski definition) is 6. The van der Waals surface area contributed by atoms with Crippen LogP contribution in [0.15, 0.2) is 81.6 Å². The third-order valence-electron chi connectivity index (χ3n) is 4.94. The number of amides is 1. The standard InChI is InChI=1S/C25H19FN4O2S2/c1-16-10-11-17(14-19(16)26)30-24(32)18-6-2-3-7-20(18)29-25(30)34-15-23(31)28-21-8-4-5-9-22(21)33-13-12-27/h2-11,14H,13,15H2,1H3,(H,28,31). The van der Waals surface area contributed by atoms with Crippen molar-refractivity contribution in [2.45, 2.75) is 17.0 Å². The zero-order valence-electron chi connectivity index (χ0n) is 18.1. The van der Waals surface area contributed by atoms with Crippen molar-refractivity contribution in [2.24, 2.45) is 0 Å². The van der Waals surface area contributed by atoms with Crippen molar-refractivity contribution >= 4 is 46.0 Å². The maximum Gasteiger partial charge on any atom is 0.266 e. The number of rotatable bonds is 7. The van der Waals surface area contributed by atoms with Crippen LogP contribution in [-0.4, -0.2) is 27.0 Å². The first-order valence-electron chi connectivity index (χ1n) is 10.3. The first kappa shape index (κ1) is 23.5. The van der Waals surface area contributed by atoms with Crippen molar-refractivity contribution in [3.63, 3.8) is 0 Å². The van der Waals surface area contributed by atoms with Gasteiger partial charge >= 0.3 is 0 Å². The molecule has 6 nitrogen and oxygen atoms in total. The molecule has 0 aliphatic carbocycles. The van der Waals surface area contributed by atoms with Crippen LogP contribution in [-0.2, 0) is 4.79 Å². The summed E-state index contributed by atoms with van der Waals surface area (Å²) in [7, 11) is 0. The van der Waals surface area contributed by atoms with E-state index in [0.717, 1.165) is 16.7 Å². The number of carbonyl (C=O) groups excluding carboxylic acids is 1. The minimum Gasteiger partial charge on any atom is -0.324 e. The van der Waals surface area contributed by atoms with Crippen molar-refractivity contribution in [1.82, 2.24) is 9.55 Å². The van der Waals surface area contributed by atoms with Crippen LogP contribution in [0.3, 0.4) is 0 Å². The quantitative estimate of drug-likeness (QED) is 0.284. The molecule has 0 radical (unpaired) electrons. The van der Waals surface area contributed by atoms with Crippen LogP contribution in [0.4, 0.5) is 10.1 Å². The highest BCUT2D eigenvalue weighted by Gasteiger charge is 2.16. The Kier molecular flexibility index (Phi) is 7.30. The van der Waals surface area contributed by atoms with Gasteiger partial charge in [0, 0.05) is 4.90 Å². The topological polar surface area (TPSA) is 87.8 Å². The van der Waals surface area contributed by atoms with E-state index < -0.39 is 5.82 Å². The van der Waals surface area contributed by atoms with E-state index in [0.29, 0.717) is 27.8 Å². The van der Waals surface area contributed by atoms with Gasteiger partial charge in [-0.15, -0.1) is 11.8 Å². The van der Waals surface area contributed by atoms with Gasteiger partial charge in [0.15, 0.2) is 5.16 Å². The number of thioether (sulfide) groups is 2. The second-order valence-corrected chi connectivity index (χ2v) is 9.23. The number of anilines is 1. The molecule has 0 spiro atoms. The Morgan fingerprint density at radius 2 is 1.88 bits per heavy atom. The molecule has 4 rings (SSSR count). The second kappa shape index (κ2) is 10.5. The van der Waals surface area contributed by atoms with Gasteiger partial charge in [0.05, 0.1) is 39.9 Å². The van der Waals surface area contributed by atoms with Gasteiger partial charge in [-0.05, 0) is 48.9 Å². The highest BCUT2D eigenvalue weighted by atomic mass is 32.2. The predicted molar refractivity (Wildman–Crippen MR) is 134 cm³/mol. The minimum absolute atomic E-state index is 0.0175. The van der Waals surface area contributed by atoms with Gasteiger partial charge in [0.2, 0.25) is 5.91 Å². The van der Waals surface area contributed by atoms with E-state index >= 15 is 0 Å². The van der Waals surface area contributed by atoms with E-state index in [1.165, 1.54) is 22.4 Å². The first-order chi connectivity index (χ1) is 16.5. The number of nitrogens with one attached hydrogen (secondary N) is 1. The van der Waals surface area contributed by atoms with Crippen molar-refractivity contribution in [2.75, 3.05) is 16.8 Å². The number of aromatic nitrogens is 2. The summed E-state index contributed by atoms with van der Waals surface area (Å²) in [5.74, 6) is -0.477. The number of nitrogens with zero attached hydrogens (tertiary/aromatic N) is 3. The largest absolute Gasteiger partial charge is 0.324 e. The minimum atomic E-state index is -0.433. The molecule has 1 heterocycles. The van der Waals surface area contributed by atoms with Gasteiger partial charge in [0.25, 0.3) is 5.56 Å². The number of para-hydroxylation sites is 2. The van der Waals surface area contributed by atoms with E-state index in [4.69, 9.17) is 5.26 Å². The lowest BCUT2D eigenvalue weighted by atomic mass is 10.2. The molecule has 0 saturated carbocycles. The molecular weight excluding hydrogens is 471 g/mol. The van der Waals surface area contributed by atoms with Gasteiger partial charge in [-0.1, -0.05) is 42.1 Å². The zero-order valence-corrected chi connectivity index (χ0v) is 19.8. The molecule has 9 heteroatoms. The van der Waals surface area contributed by atoms with Crippen molar-refractivity contribution in [3.8, 4) is 11.8 Å². The van der Waals surface area contributed by atoms with E-state index in [-0.39, 0.29) is 28.1 Å². The van der Waals surface area contributed by atoms with Crippen molar-refractivity contribution in [3.05, 3.63) is 88.5 Å². The number of nitriles is 1. The summed E-state index contributed by atoms with van der Waals surface area (Å²) >= 11 is 2.42. The number of carbonyl (C=O) groups is 1. The summed E-state index contributed by atoms with van der Waals surface area (Å²) in [5, 5.41) is 12.4. The monoisotopic (exact) mass is 490 g/mol. The van der Waals surface area contributed by atoms with Gasteiger partial charge in [0.1, 0.15) is 5.82 Å². The third-order valence-corrected chi connectivity index (χ3v) is 6.82. The summed E-state index contributed by atoms with van der Waals surface area (Å²) < 4.78 is 15.6. The molecule has 3 aromatic carbocycles. The average molecular weight is 491 g/mol. The zero-order chi connectivity index (χ0) is 24.1. The molecule has 0 unspecified atom stereocenters. The lowest BCUT2D eigenvalue weighted by Crippen LogP contribution is -2.23. The number of benzene rings is 3. The Balaban J connectivity index is 1.64. The molecule has 0 fully saturated rings. The fraction of sp³-hybridized carbons (Fsp3) is 0.120. The number of fused-ring (bicyclic) bond motifs is 1. The summed E-state index contributed by atoms with van der Waals surface area (Å²) in [6, 6.07) is 20.8. The molecule has 1 amide bonds. The maximum absolute atomic E-state index is 14.3. The Morgan fingerprint density at radius 1 is 1.12 bits per heavy atom. The Morgan fingerprint density at radius 3 is 2.68 bits per heavy atom. The van der Waals surface area contributed by atoms with Crippen LogP contribution in [0.2, 0.25) is 0 Å². The number of halogens is 1. The smallest absolute Gasteiger partial charge is 0.266 e. The molecule has 0 bridgehead atoms. The van der Waals surface area contributed by atoms with Crippen molar-refractivity contribution < 1.29 is 9.18 Å². The number of aryl methyl sites for hydroxylation is 1. The normalized spacial score (nSPS) is 10.7. The van der Waals surface area contributed by atoms with Crippen LogP contribution in [0.25, 0.3) is 16.6 Å². The number of hydrogen-bond donors (Lipinski definition) is 1. The summed E-state index contributed by atoms with van der Waals surface area (Å²) in [6.45, 7) is 1.65. The van der Waals surface area contributed by atoms with Crippen LogP contribution in [0.5, 0.6) is 0 Å². The molecule has 1 N–H and O–H groups in total. The third kappa shape index (κ3) is 5.14. The fourth-order valence-corrected chi connectivity index (χ4v) is 4.76. The molecule has 170 valence electrons. The molecule has 0 aliphatic heterocycles. The molecule has 1 aromatic heterocycles. The summed E-state index contributed by atoms with van der Waals surface area (Å²) in [5.41, 5.74) is 1.57. The van der Waals surface area contributed by atoms with E-state index in [2.05, 4.69) is 16.4 Å². The summed E-state index contributed by atoms with van der Waals surface area (Å²) in [4.78, 5) is 31.4. The Hall–Kier alpha value is -3.61. The van der Waals surface area contributed by atoms with Crippen LogP contribution in [0.1, 0.15) is 5.56 Å². The lowest BCUT2D eigenvalue weighted by Gasteiger charge is -2.14. The molecule has 4 aromatic rings. The molecule has 0 atom stereocenters. The van der Waals surface area contributed by atoms with Gasteiger partial charge < -0.3 is 5.32 Å². The van der Waals surface area contributed by atoms with Crippen LogP contribution >= 0.6 is 23.5 Å². The molecule has 0 saturated heterocycles. The van der Waals surface area contributed by atoms with E-state index in [1.54, 1.807) is 55.5 Å². The molecule has 0 aliphatic rings. The first-order valence-corrected chi connectivity index (χ1v) is 12.2. The van der Waals surface area contributed by atoms with Crippen LogP contribution in [0, 0.1) is 24.1 Å². The van der Waals surface area contributed by atoms with Crippen molar-refractivity contribution in [1.29, 1.82) is 5.26 Å². The highest BCUT2D eigenvalue weighted by Crippen LogP contribution is 2.27. The molecule has 34 heavy (non-hydrogen) atoms. The van der Waals surface area contributed by atoms with E-state index in [1.807, 2.05) is 12.1 Å². The maximum atomic E-state index is 14.3. The predicted octanol–water partition coefficient (Wildman–Crippen LogP) is 5.18. The highest BCUT2D eigenvalue weighted by molar-refractivity contribution is 8.00.